The van der Waals surface area contributed by atoms with E-state index in [4.69, 9.17) is 0 Å². The fourth-order valence-electron chi connectivity index (χ4n) is 2.61. The molecule has 0 aromatic carbocycles. The molecule has 1 aliphatic heterocycles. The minimum atomic E-state index is 0.772. The molecule has 1 aromatic heterocycles. The summed E-state index contributed by atoms with van der Waals surface area (Å²) in [6.07, 6.45) is 4.64. The van der Waals surface area contributed by atoms with Gasteiger partial charge in [0.2, 0.25) is 0 Å². The van der Waals surface area contributed by atoms with Crippen LogP contribution in [0, 0.1) is 11.8 Å². The van der Waals surface area contributed by atoms with E-state index in [1.807, 2.05) is 6.20 Å². The molecule has 2 fully saturated rings. The molecular weight excluding hydrogens is 222 g/mol. The minimum absolute atomic E-state index is 0.772. The Morgan fingerprint density at radius 2 is 2.00 bits per heavy atom. The molecule has 3 rings (SSSR count). The van der Waals surface area contributed by atoms with E-state index in [0.717, 1.165) is 43.3 Å². The molecule has 98 valence electrons. The zero-order valence-electron chi connectivity index (χ0n) is 11.4. The molecule has 2 atom stereocenters. The molecule has 18 heavy (non-hydrogen) atoms. The Morgan fingerprint density at radius 1 is 1.28 bits per heavy atom. The summed E-state index contributed by atoms with van der Waals surface area (Å²) in [6.45, 7) is 7.95. The first kappa shape index (κ1) is 12.0. The summed E-state index contributed by atoms with van der Waals surface area (Å²) in [4.78, 5) is 6.96. The largest absolute Gasteiger partial charge is 0.356 e. The van der Waals surface area contributed by atoms with E-state index in [0.29, 0.717) is 0 Å². The highest BCUT2D eigenvalue weighted by Crippen LogP contribution is 2.27. The Labute approximate surface area is 110 Å². The quantitative estimate of drug-likeness (QED) is 0.883. The van der Waals surface area contributed by atoms with Crippen molar-refractivity contribution in [2.45, 2.75) is 39.3 Å². The third-order valence-corrected chi connectivity index (χ3v) is 4.29. The number of nitrogens with one attached hydrogen (secondary N) is 1. The SMILES string of the molecule is CC1CN(c2cc(CNC3CC3)ccn2)CC1C. The number of nitrogens with zero attached hydrogens (tertiary/aromatic N) is 2. The van der Waals surface area contributed by atoms with Gasteiger partial charge in [-0.05, 0) is 42.4 Å². The van der Waals surface area contributed by atoms with Crippen molar-refractivity contribution in [3.63, 3.8) is 0 Å². The first-order valence-corrected chi connectivity index (χ1v) is 7.15. The van der Waals surface area contributed by atoms with E-state index >= 15 is 0 Å². The van der Waals surface area contributed by atoms with Crippen LogP contribution in [0.3, 0.4) is 0 Å². The van der Waals surface area contributed by atoms with E-state index in [1.165, 1.54) is 18.4 Å². The van der Waals surface area contributed by atoms with Gasteiger partial charge in [0.15, 0.2) is 0 Å². The van der Waals surface area contributed by atoms with Gasteiger partial charge in [0.1, 0.15) is 5.82 Å². The number of pyridine rings is 1. The van der Waals surface area contributed by atoms with Crippen molar-refractivity contribution in [3.8, 4) is 0 Å². The Hall–Kier alpha value is -1.09. The van der Waals surface area contributed by atoms with Gasteiger partial charge >= 0.3 is 0 Å². The average molecular weight is 245 g/mol. The van der Waals surface area contributed by atoms with Crippen LogP contribution in [0.4, 0.5) is 5.82 Å². The van der Waals surface area contributed by atoms with E-state index in [-0.39, 0.29) is 0 Å². The zero-order chi connectivity index (χ0) is 12.5. The molecule has 1 N–H and O–H groups in total. The third kappa shape index (κ3) is 2.66. The van der Waals surface area contributed by atoms with Crippen LogP contribution in [0.5, 0.6) is 0 Å². The average Bonchev–Trinajstić information content (AvgIpc) is 3.14. The van der Waals surface area contributed by atoms with Gasteiger partial charge in [-0.2, -0.15) is 0 Å². The van der Waals surface area contributed by atoms with Crippen LogP contribution in [0.25, 0.3) is 0 Å². The molecule has 2 aliphatic rings. The van der Waals surface area contributed by atoms with Crippen molar-refractivity contribution in [1.29, 1.82) is 0 Å². The van der Waals surface area contributed by atoms with Crippen molar-refractivity contribution in [1.82, 2.24) is 10.3 Å². The second-order valence-electron chi connectivity index (χ2n) is 6.04. The number of hydrogen-bond donors (Lipinski definition) is 1. The molecule has 2 unspecified atom stereocenters. The first-order valence-electron chi connectivity index (χ1n) is 7.15. The van der Waals surface area contributed by atoms with Crippen LogP contribution in [-0.4, -0.2) is 24.1 Å². The third-order valence-electron chi connectivity index (χ3n) is 4.29. The predicted octanol–water partition coefficient (Wildman–Crippen LogP) is 2.43. The minimum Gasteiger partial charge on any atom is -0.356 e. The van der Waals surface area contributed by atoms with Crippen molar-refractivity contribution < 1.29 is 0 Å². The summed E-state index contributed by atoms with van der Waals surface area (Å²) in [5, 5.41) is 3.56. The van der Waals surface area contributed by atoms with Gasteiger partial charge < -0.3 is 10.2 Å². The summed E-state index contributed by atoms with van der Waals surface area (Å²) in [5.41, 5.74) is 1.36. The molecule has 2 heterocycles. The monoisotopic (exact) mass is 245 g/mol. The van der Waals surface area contributed by atoms with Crippen LogP contribution in [0.1, 0.15) is 32.3 Å². The van der Waals surface area contributed by atoms with E-state index in [1.54, 1.807) is 0 Å². The Morgan fingerprint density at radius 3 is 2.67 bits per heavy atom. The Bertz CT molecular complexity index is 404. The molecule has 0 radical (unpaired) electrons. The normalized spacial score (nSPS) is 27.8. The van der Waals surface area contributed by atoms with Crippen molar-refractivity contribution in [3.05, 3.63) is 23.9 Å². The van der Waals surface area contributed by atoms with Crippen molar-refractivity contribution in [2.75, 3.05) is 18.0 Å². The smallest absolute Gasteiger partial charge is 0.128 e. The molecule has 1 aliphatic carbocycles. The molecule has 1 aromatic rings. The number of aromatic nitrogens is 1. The Balaban J connectivity index is 1.66. The van der Waals surface area contributed by atoms with Gasteiger partial charge in [-0.15, -0.1) is 0 Å². The van der Waals surface area contributed by atoms with E-state index in [9.17, 15) is 0 Å². The molecule has 3 heteroatoms. The van der Waals surface area contributed by atoms with Crippen LogP contribution >= 0.6 is 0 Å². The predicted molar refractivity (Wildman–Crippen MR) is 74.6 cm³/mol. The molecule has 0 amide bonds. The lowest BCUT2D eigenvalue weighted by Crippen LogP contribution is -2.21. The first-order chi connectivity index (χ1) is 8.72. The summed E-state index contributed by atoms with van der Waals surface area (Å²) < 4.78 is 0. The molecule has 0 bridgehead atoms. The molecule has 1 saturated heterocycles. The summed E-state index contributed by atoms with van der Waals surface area (Å²) in [6, 6.07) is 5.15. The zero-order valence-corrected chi connectivity index (χ0v) is 11.4. The highest BCUT2D eigenvalue weighted by Gasteiger charge is 2.27. The summed E-state index contributed by atoms with van der Waals surface area (Å²) in [5.74, 6) is 2.71. The van der Waals surface area contributed by atoms with Gasteiger partial charge in [0.05, 0.1) is 0 Å². The lowest BCUT2D eigenvalue weighted by Gasteiger charge is -2.17. The molecular formula is C15H23N3. The maximum Gasteiger partial charge on any atom is 0.128 e. The molecule has 0 spiro atoms. The van der Waals surface area contributed by atoms with Crippen LogP contribution in [0.2, 0.25) is 0 Å². The summed E-state index contributed by atoms with van der Waals surface area (Å²) in [7, 11) is 0. The maximum absolute atomic E-state index is 4.53. The highest BCUT2D eigenvalue weighted by molar-refractivity contribution is 5.42. The van der Waals surface area contributed by atoms with Crippen LogP contribution < -0.4 is 10.2 Å². The van der Waals surface area contributed by atoms with Gasteiger partial charge in [0, 0.05) is 31.9 Å². The topological polar surface area (TPSA) is 28.2 Å². The van der Waals surface area contributed by atoms with Crippen LogP contribution in [-0.2, 0) is 6.54 Å². The van der Waals surface area contributed by atoms with Crippen molar-refractivity contribution >= 4 is 5.82 Å². The van der Waals surface area contributed by atoms with Gasteiger partial charge in [-0.25, -0.2) is 4.98 Å². The summed E-state index contributed by atoms with van der Waals surface area (Å²) >= 11 is 0. The maximum atomic E-state index is 4.53. The lowest BCUT2D eigenvalue weighted by atomic mass is 10.0. The van der Waals surface area contributed by atoms with Crippen LogP contribution in [0.15, 0.2) is 18.3 Å². The van der Waals surface area contributed by atoms with Gasteiger partial charge in [0.25, 0.3) is 0 Å². The fourth-order valence-corrected chi connectivity index (χ4v) is 2.61. The number of hydrogen-bond acceptors (Lipinski definition) is 3. The second kappa shape index (κ2) is 4.88. The van der Waals surface area contributed by atoms with Gasteiger partial charge in [-0.1, -0.05) is 13.8 Å². The number of anilines is 1. The second-order valence-corrected chi connectivity index (χ2v) is 6.04. The lowest BCUT2D eigenvalue weighted by molar-refractivity contribution is 0.494. The number of rotatable bonds is 4. The van der Waals surface area contributed by atoms with Gasteiger partial charge in [-0.3, -0.25) is 0 Å². The van der Waals surface area contributed by atoms with E-state index < -0.39 is 0 Å². The standard InChI is InChI=1S/C15H23N3/c1-11-9-18(10-12(11)2)15-7-13(5-6-16-15)8-17-14-3-4-14/h5-7,11-12,14,17H,3-4,8-10H2,1-2H3. The fraction of sp³-hybridized carbons (Fsp3) is 0.667. The highest BCUT2D eigenvalue weighted by atomic mass is 15.2. The Kier molecular flexibility index (Phi) is 3.25. The molecule has 3 nitrogen and oxygen atoms in total. The van der Waals surface area contributed by atoms with Crippen molar-refractivity contribution in [2.24, 2.45) is 11.8 Å². The molecule has 1 saturated carbocycles. The van der Waals surface area contributed by atoms with E-state index in [2.05, 4.69) is 41.2 Å².